The van der Waals surface area contributed by atoms with Crippen LogP contribution in [0.5, 0.6) is 0 Å². The first-order chi connectivity index (χ1) is 8.88. The zero-order valence-electron chi connectivity index (χ0n) is 14.0. The maximum absolute atomic E-state index is 9.64. The standard InChI is InChI=1S/C16H36N2O/c1-7-9-11-18(15(5)8-2)12-10-16(6,13-19)17-14(3)4/h14-15,17,19H,7-13H2,1-6H3. The first-order valence-corrected chi connectivity index (χ1v) is 8.01. The van der Waals surface area contributed by atoms with Crippen molar-refractivity contribution in [2.45, 2.75) is 84.8 Å². The zero-order valence-corrected chi connectivity index (χ0v) is 14.0. The van der Waals surface area contributed by atoms with Gasteiger partial charge in [-0.3, -0.25) is 0 Å². The van der Waals surface area contributed by atoms with Gasteiger partial charge in [0.1, 0.15) is 0 Å². The second-order valence-electron chi connectivity index (χ2n) is 6.41. The molecule has 0 aromatic rings. The average Bonchev–Trinajstić information content (AvgIpc) is 2.37. The van der Waals surface area contributed by atoms with Crippen molar-refractivity contribution < 1.29 is 5.11 Å². The molecule has 2 atom stereocenters. The van der Waals surface area contributed by atoms with Crippen molar-refractivity contribution in [1.29, 1.82) is 0 Å². The fraction of sp³-hybridized carbons (Fsp3) is 1.00. The molecular weight excluding hydrogens is 236 g/mol. The highest BCUT2D eigenvalue weighted by molar-refractivity contribution is 4.85. The smallest absolute Gasteiger partial charge is 0.0611 e. The molecule has 0 bridgehead atoms. The zero-order chi connectivity index (χ0) is 14.9. The Balaban J connectivity index is 4.40. The number of rotatable bonds is 11. The van der Waals surface area contributed by atoms with Crippen molar-refractivity contribution in [3.63, 3.8) is 0 Å². The Morgan fingerprint density at radius 3 is 2.21 bits per heavy atom. The summed E-state index contributed by atoms with van der Waals surface area (Å²) in [6.07, 6.45) is 4.69. The molecule has 2 unspecified atom stereocenters. The molecule has 0 aliphatic heterocycles. The summed E-state index contributed by atoms with van der Waals surface area (Å²) in [6, 6.07) is 1.04. The van der Waals surface area contributed by atoms with E-state index in [1.807, 2.05) is 0 Å². The molecule has 2 N–H and O–H groups in total. The Morgan fingerprint density at radius 1 is 1.16 bits per heavy atom. The van der Waals surface area contributed by atoms with Gasteiger partial charge in [-0.2, -0.15) is 0 Å². The maximum Gasteiger partial charge on any atom is 0.0611 e. The number of nitrogens with one attached hydrogen (secondary N) is 1. The van der Waals surface area contributed by atoms with Crippen molar-refractivity contribution >= 4 is 0 Å². The topological polar surface area (TPSA) is 35.5 Å². The number of hydrogen-bond acceptors (Lipinski definition) is 3. The van der Waals surface area contributed by atoms with E-state index in [0.29, 0.717) is 12.1 Å². The highest BCUT2D eigenvalue weighted by atomic mass is 16.3. The maximum atomic E-state index is 9.64. The second kappa shape index (κ2) is 9.73. The highest BCUT2D eigenvalue weighted by Crippen LogP contribution is 2.14. The van der Waals surface area contributed by atoms with E-state index in [-0.39, 0.29) is 12.1 Å². The highest BCUT2D eigenvalue weighted by Gasteiger charge is 2.25. The van der Waals surface area contributed by atoms with E-state index < -0.39 is 0 Å². The summed E-state index contributed by atoms with van der Waals surface area (Å²) in [6.45, 7) is 15.6. The van der Waals surface area contributed by atoms with E-state index >= 15 is 0 Å². The Bertz CT molecular complexity index is 221. The van der Waals surface area contributed by atoms with Crippen LogP contribution in [-0.2, 0) is 0 Å². The molecule has 3 nitrogen and oxygen atoms in total. The molecule has 0 amide bonds. The Morgan fingerprint density at radius 2 is 1.79 bits per heavy atom. The molecule has 0 aromatic heterocycles. The Hall–Kier alpha value is -0.120. The molecule has 3 heteroatoms. The molecule has 0 saturated heterocycles. The van der Waals surface area contributed by atoms with Crippen LogP contribution in [0.2, 0.25) is 0 Å². The van der Waals surface area contributed by atoms with Crippen LogP contribution >= 0.6 is 0 Å². The van der Waals surface area contributed by atoms with E-state index in [4.69, 9.17) is 0 Å². The lowest BCUT2D eigenvalue weighted by Gasteiger charge is -2.35. The lowest BCUT2D eigenvalue weighted by Crippen LogP contribution is -2.51. The SMILES string of the molecule is CCCCN(CCC(C)(CO)NC(C)C)C(C)CC. The van der Waals surface area contributed by atoms with Crippen LogP contribution in [0.4, 0.5) is 0 Å². The van der Waals surface area contributed by atoms with Crippen molar-refractivity contribution in [3.05, 3.63) is 0 Å². The minimum Gasteiger partial charge on any atom is -0.394 e. The predicted molar refractivity (Wildman–Crippen MR) is 84.6 cm³/mol. The van der Waals surface area contributed by atoms with Gasteiger partial charge in [-0.25, -0.2) is 0 Å². The molecule has 0 saturated carbocycles. The molecule has 0 radical (unpaired) electrons. The fourth-order valence-electron chi connectivity index (χ4n) is 2.46. The summed E-state index contributed by atoms with van der Waals surface area (Å²) in [5, 5.41) is 13.1. The lowest BCUT2D eigenvalue weighted by atomic mass is 9.97. The molecule has 0 aliphatic carbocycles. The average molecular weight is 272 g/mol. The Labute approximate surface area is 120 Å². The third-order valence-electron chi connectivity index (χ3n) is 3.95. The molecule has 0 rings (SSSR count). The van der Waals surface area contributed by atoms with Crippen LogP contribution in [-0.4, -0.2) is 47.3 Å². The number of unbranched alkanes of at least 4 members (excludes halogenated alkanes) is 1. The number of hydrogen-bond donors (Lipinski definition) is 2. The van der Waals surface area contributed by atoms with Crippen LogP contribution in [0.1, 0.15) is 67.2 Å². The van der Waals surface area contributed by atoms with E-state index in [1.165, 1.54) is 25.8 Å². The van der Waals surface area contributed by atoms with Crippen LogP contribution in [0.15, 0.2) is 0 Å². The van der Waals surface area contributed by atoms with Gasteiger partial charge in [0.25, 0.3) is 0 Å². The van der Waals surface area contributed by atoms with Gasteiger partial charge in [0, 0.05) is 24.2 Å². The summed E-state index contributed by atoms with van der Waals surface area (Å²) in [7, 11) is 0. The quantitative estimate of drug-likeness (QED) is 0.607. The third kappa shape index (κ3) is 7.91. The summed E-state index contributed by atoms with van der Waals surface area (Å²) in [5.41, 5.74) is -0.161. The summed E-state index contributed by atoms with van der Waals surface area (Å²) in [5.74, 6) is 0. The molecule has 0 spiro atoms. The van der Waals surface area contributed by atoms with E-state index in [1.54, 1.807) is 0 Å². The Kier molecular flexibility index (Phi) is 9.67. The summed E-state index contributed by atoms with van der Waals surface area (Å²) < 4.78 is 0. The molecule has 0 heterocycles. The van der Waals surface area contributed by atoms with Crippen LogP contribution < -0.4 is 5.32 Å². The number of aliphatic hydroxyl groups is 1. The van der Waals surface area contributed by atoms with Crippen LogP contribution in [0.3, 0.4) is 0 Å². The van der Waals surface area contributed by atoms with Crippen molar-refractivity contribution in [2.24, 2.45) is 0 Å². The van der Waals surface area contributed by atoms with Gasteiger partial charge in [0.15, 0.2) is 0 Å². The van der Waals surface area contributed by atoms with Gasteiger partial charge in [-0.05, 0) is 39.7 Å². The van der Waals surface area contributed by atoms with Crippen LogP contribution in [0.25, 0.3) is 0 Å². The normalized spacial score (nSPS) is 16.9. The summed E-state index contributed by atoms with van der Waals surface area (Å²) >= 11 is 0. The first-order valence-electron chi connectivity index (χ1n) is 8.01. The molecule has 0 aromatic carbocycles. The minimum absolute atomic E-state index is 0.161. The van der Waals surface area contributed by atoms with Crippen molar-refractivity contribution in [1.82, 2.24) is 10.2 Å². The van der Waals surface area contributed by atoms with Gasteiger partial charge in [0.05, 0.1) is 6.61 Å². The van der Waals surface area contributed by atoms with Gasteiger partial charge < -0.3 is 15.3 Å². The monoisotopic (exact) mass is 272 g/mol. The molecule has 116 valence electrons. The van der Waals surface area contributed by atoms with E-state index in [0.717, 1.165) is 13.0 Å². The first kappa shape index (κ1) is 18.9. The molecule has 19 heavy (non-hydrogen) atoms. The summed E-state index contributed by atoms with van der Waals surface area (Å²) in [4.78, 5) is 2.57. The van der Waals surface area contributed by atoms with Gasteiger partial charge >= 0.3 is 0 Å². The molecular formula is C16H36N2O. The van der Waals surface area contributed by atoms with Crippen molar-refractivity contribution in [3.8, 4) is 0 Å². The lowest BCUT2D eigenvalue weighted by molar-refractivity contribution is 0.123. The minimum atomic E-state index is -0.161. The third-order valence-corrected chi connectivity index (χ3v) is 3.95. The second-order valence-corrected chi connectivity index (χ2v) is 6.41. The van der Waals surface area contributed by atoms with E-state index in [9.17, 15) is 5.11 Å². The molecule has 0 fully saturated rings. The number of aliphatic hydroxyl groups excluding tert-OH is 1. The predicted octanol–water partition coefficient (Wildman–Crippen LogP) is 3.03. The van der Waals surface area contributed by atoms with Gasteiger partial charge in [-0.1, -0.05) is 34.1 Å². The van der Waals surface area contributed by atoms with Gasteiger partial charge in [-0.15, -0.1) is 0 Å². The number of nitrogens with zero attached hydrogens (tertiary/aromatic N) is 1. The largest absolute Gasteiger partial charge is 0.394 e. The fourth-order valence-corrected chi connectivity index (χ4v) is 2.46. The molecule has 0 aliphatic rings. The van der Waals surface area contributed by atoms with Crippen LogP contribution in [0, 0.1) is 0 Å². The van der Waals surface area contributed by atoms with E-state index in [2.05, 4.69) is 51.8 Å². The van der Waals surface area contributed by atoms with Gasteiger partial charge in [0.2, 0.25) is 0 Å². The van der Waals surface area contributed by atoms with Crippen molar-refractivity contribution in [2.75, 3.05) is 19.7 Å².